The molecule has 0 aliphatic carbocycles. The summed E-state index contributed by atoms with van der Waals surface area (Å²) in [7, 11) is 0. The van der Waals surface area contributed by atoms with Crippen LogP contribution < -0.4 is 5.32 Å². The van der Waals surface area contributed by atoms with Gasteiger partial charge in [-0.1, -0.05) is 20.8 Å². The first-order valence-electron chi connectivity index (χ1n) is 6.98. The SMILES string of the molecule is CC(c1ccsc1)N1CCCNC(C(C)(C)C)C1. The molecule has 0 radical (unpaired) electrons. The Hall–Kier alpha value is -0.380. The molecule has 0 aromatic carbocycles. The highest BCUT2D eigenvalue weighted by molar-refractivity contribution is 7.07. The lowest BCUT2D eigenvalue weighted by atomic mass is 9.86. The summed E-state index contributed by atoms with van der Waals surface area (Å²) >= 11 is 1.80. The smallest absolute Gasteiger partial charge is 0.0328 e. The summed E-state index contributed by atoms with van der Waals surface area (Å²) in [6.07, 6.45) is 1.25. The normalized spacial score (nSPS) is 24.8. The van der Waals surface area contributed by atoms with Gasteiger partial charge in [0, 0.05) is 25.2 Å². The van der Waals surface area contributed by atoms with Gasteiger partial charge in [-0.05, 0) is 47.7 Å². The Labute approximate surface area is 115 Å². The highest BCUT2D eigenvalue weighted by atomic mass is 32.1. The number of nitrogens with zero attached hydrogens (tertiary/aromatic N) is 1. The van der Waals surface area contributed by atoms with Crippen molar-refractivity contribution in [1.82, 2.24) is 10.2 Å². The Kier molecular flexibility index (Phi) is 4.46. The van der Waals surface area contributed by atoms with Gasteiger partial charge in [-0.15, -0.1) is 0 Å². The highest BCUT2D eigenvalue weighted by Crippen LogP contribution is 2.27. The van der Waals surface area contributed by atoms with E-state index in [1.54, 1.807) is 11.3 Å². The average molecular weight is 266 g/mol. The van der Waals surface area contributed by atoms with Gasteiger partial charge in [-0.2, -0.15) is 11.3 Å². The number of nitrogens with one attached hydrogen (secondary N) is 1. The summed E-state index contributed by atoms with van der Waals surface area (Å²) < 4.78 is 0. The van der Waals surface area contributed by atoms with E-state index in [0.29, 0.717) is 17.5 Å². The average Bonchev–Trinajstić information content (AvgIpc) is 2.70. The summed E-state index contributed by atoms with van der Waals surface area (Å²) in [5, 5.41) is 8.18. The molecule has 2 atom stereocenters. The summed E-state index contributed by atoms with van der Waals surface area (Å²) in [6.45, 7) is 12.9. The van der Waals surface area contributed by atoms with Gasteiger partial charge in [0.25, 0.3) is 0 Å². The van der Waals surface area contributed by atoms with E-state index in [9.17, 15) is 0 Å². The van der Waals surface area contributed by atoms with E-state index in [-0.39, 0.29) is 0 Å². The summed E-state index contributed by atoms with van der Waals surface area (Å²) in [4.78, 5) is 2.64. The number of hydrogen-bond donors (Lipinski definition) is 1. The largest absolute Gasteiger partial charge is 0.312 e. The molecule has 0 amide bonds. The molecule has 0 saturated carbocycles. The minimum absolute atomic E-state index is 0.330. The van der Waals surface area contributed by atoms with Crippen molar-refractivity contribution in [3.05, 3.63) is 22.4 Å². The summed E-state index contributed by atoms with van der Waals surface area (Å²) in [6, 6.07) is 3.39. The molecule has 2 rings (SSSR count). The number of thiophene rings is 1. The van der Waals surface area contributed by atoms with E-state index in [2.05, 4.69) is 54.7 Å². The van der Waals surface area contributed by atoms with Crippen LogP contribution in [0.25, 0.3) is 0 Å². The van der Waals surface area contributed by atoms with Crippen LogP contribution >= 0.6 is 11.3 Å². The maximum Gasteiger partial charge on any atom is 0.0328 e. The van der Waals surface area contributed by atoms with Crippen molar-refractivity contribution in [2.75, 3.05) is 19.6 Å². The Morgan fingerprint density at radius 1 is 1.44 bits per heavy atom. The Morgan fingerprint density at radius 2 is 2.22 bits per heavy atom. The predicted molar refractivity (Wildman–Crippen MR) is 80.2 cm³/mol. The minimum atomic E-state index is 0.330. The van der Waals surface area contributed by atoms with Crippen molar-refractivity contribution in [3.8, 4) is 0 Å². The molecule has 1 aromatic heterocycles. The zero-order valence-corrected chi connectivity index (χ0v) is 12.9. The van der Waals surface area contributed by atoms with Gasteiger partial charge in [0.2, 0.25) is 0 Å². The summed E-state index contributed by atoms with van der Waals surface area (Å²) in [5.41, 5.74) is 1.80. The monoisotopic (exact) mass is 266 g/mol. The third kappa shape index (κ3) is 3.34. The molecular formula is C15H26N2S. The fraction of sp³-hybridized carbons (Fsp3) is 0.733. The molecule has 18 heavy (non-hydrogen) atoms. The molecule has 1 saturated heterocycles. The van der Waals surface area contributed by atoms with Crippen molar-refractivity contribution in [3.63, 3.8) is 0 Å². The molecular weight excluding hydrogens is 240 g/mol. The standard InChI is InChI=1S/C15H26N2S/c1-12(13-6-9-18-11-13)17-8-5-7-16-14(10-17)15(2,3)4/h6,9,11-12,14,16H,5,7-8,10H2,1-4H3. The van der Waals surface area contributed by atoms with E-state index in [0.717, 1.165) is 13.1 Å². The molecule has 0 bridgehead atoms. The van der Waals surface area contributed by atoms with Gasteiger partial charge in [-0.3, -0.25) is 4.90 Å². The highest BCUT2D eigenvalue weighted by Gasteiger charge is 2.30. The zero-order valence-electron chi connectivity index (χ0n) is 12.1. The lowest BCUT2D eigenvalue weighted by Gasteiger charge is -2.36. The van der Waals surface area contributed by atoms with Crippen LogP contribution in [0.4, 0.5) is 0 Å². The van der Waals surface area contributed by atoms with Gasteiger partial charge in [0.1, 0.15) is 0 Å². The third-order valence-corrected chi connectivity index (χ3v) is 4.75. The second-order valence-electron chi connectivity index (χ2n) is 6.45. The Balaban J connectivity index is 2.07. The molecule has 1 aliphatic heterocycles. The lowest BCUT2D eigenvalue weighted by Crippen LogP contribution is -2.46. The van der Waals surface area contributed by atoms with Crippen LogP contribution in [0.1, 0.15) is 45.7 Å². The maximum absolute atomic E-state index is 3.71. The molecule has 1 N–H and O–H groups in total. The fourth-order valence-corrected chi connectivity index (χ4v) is 3.35. The van der Waals surface area contributed by atoms with Crippen molar-refractivity contribution in [1.29, 1.82) is 0 Å². The van der Waals surface area contributed by atoms with Crippen LogP contribution in [0.15, 0.2) is 16.8 Å². The number of hydrogen-bond acceptors (Lipinski definition) is 3. The first kappa shape index (κ1) is 14.0. The van der Waals surface area contributed by atoms with Crippen LogP contribution in [-0.2, 0) is 0 Å². The third-order valence-electron chi connectivity index (χ3n) is 4.05. The van der Waals surface area contributed by atoms with Gasteiger partial charge in [-0.25, -0.2) is 0 Å². The topological polar surface area (TPSA) is 15.3 Å². The second-order valence-corrected chi connectivity index (χ2v) is 7.23. The molecule has 102 valence electrons. The molecule has 3 heteroatoms. The maximum atomic E-state index is 3.71. The van der Waals surface area contributed by atoms with Gasteiger partial charge >= 0.3 is 0 Å². The fourth-order valence-electron chi connectivity index (χ4n) is 2.60. The predicted octanol–water partition coefficient (Wildman–Crippen LogP) is 3.52. The van der Waals surface area contributed by atoms with Crippen molar-refractivity contribution < 1.29 is 0 Å². The van der Waals surface area contributed by atoms with Crippen LogP contribution in [-0.4, -0.2) is 30.6 Å². The zero-order chi connectivity index (χ0) is 13.2. The van der Waals surface area contributed by atoms with Crippen molar-refractivity contribution in [2.24, 2.45) is 5.41 Å². The van der Waals surface area contributed by atoms with Gasteiger partial charge in [0.05, 0.1) is 0 Å². The van der Waals surface area contributed by atoms with E-state index in [1.165, 1.54) is 18.5 Å². The molecule has 1 fully saturated rings. The van der Waals surface area contributed by atoms with Crippen LogP contribution in [0.2, 0.25) is 0 Å². The molecule has 2 unspecified atom stereocenters. The lowest BCUT2D eigenvalue weighted by molar-refractivity contribution is 0.162. The van der Waals surface area contributed by atoms with Gasteiger partial charge in [0.15, 0.2) is 0 Å². The first-order chi connectivity index (χ1) is 8.48. The van der Waals surface area contributed by atoms with Crippen molar-refractivity contribution in [2.45, 2.75) is 46.2 Å². The Bertz CT molecular complexity index is 353. The van der Waals surface area contributed by atoms with Crippen molar-refractivity contribution >= 4 is 11.3 Å². The quantitative estimate of drug-likeness (QED) is 0.881. The molecule has 0 spiro atoms. The van der Waals surface area contributed by atoms with E-state index in [1.807, 2.05) is 0 Å². The van der Waals surface area contributed by atoms with E-state index in [4.69, 9.17) is 0 Å². The number of rotatable bonds is 2. The molecule has 1 aliphatic rings. The molecule has 2 nitrogen and oxygen atoms in total. The molecule has 2 heterocycles. The van der Waals surface area contributed by atoms with E-state index < -0.39 is 0 Å². The minimum Gasteiger partial charge on any atom is -0.312 e. The van der Waals surface area contributed by atoms with E-state index >= 15 is 0 Å². The first-order valence-corrected chi connectivity index (χ1v) is 7.92. The van der Waals surface area contributed by atoms with Crippen LogP contribution in [0.3, 0.4) is 0 Å². The van der Waals surface area contributed by atoms with Crippen LogP contribution in [0, 0.1) is 5.41 Å². The summed E-state index contributed by atoms with van der Waals surface area (Å²) in [5.74, 6) is 0. The molecule has 1 aromatic rings. The van der Waals surface area contributed by atoms with Gasteiger partial charge < -0.3 is 5.32 Å². The Morgan fingerprint density at radius 3 is 2.83 bits per heavy atom. The van der Waals surface area contributed by atoms with Crippen LogP contribution in [0.5, 0.6) is 0 Å². The second kappa shape index (κ2) is 5.72.